The average Bonchev–Trinajstić information content (AvgIpc) is 3.04. The highest BCUT2D eigenvalue weighted by Crippen LogP contribution is 2.16. The highest BCUT2D eigenvalue weighted by Gasteiger charge is 2.13. The molecule has 0 saturated carbocycles. The third-order valence-electron chi connectivity index (χ3n) is 3.29. The molecule has 0 spiro atoms. The fourth-order valence-corrected chi connectivity index (χ4v) is 2.12. The van der Waals surface area contributed by atoms with Crippen LogP contribution in [0.25, 0.3) is 5.69 Å². The maximum absolute atomic E-state index is 11.9. The number of anilines is 1. The van der Waals surface area contributed by atoms with Gasteiger partial charge in [-0.05, 0) is 17.7 Å². The molecule has 1 amide bonds. The normalized spacial score (nSPS) is 9.96. The Balaban J connectivity index is 1.69. The van der Waals surface area contributed by atoms with Crippen molar-refractivity contribution in [3.63, 3.8) is 0 Å². The summed E-state index contributed by atoms with van der Waals surface area (Å²) in [5.41, 5.74) is 1.93. The Morgan fingerprint density at radius 3 is 2.46 bits per heavy atom. The Hall–Kier alpha value is -3.59. The van der Waals surface area contributed by atoms with E-state index >= 15 is 0 Å². The summed E-state index contributed by atoms with van der Waals surface area (Å²) in [5, 5.41) is 15.9. The minimum atomic E-state index is -0.659. The number of benzene rings is 2. The number of nitrogens with one attached hydrogen (secondary N) is 1. The van der Waals surface area contributed by atoms with Gasteiger partial charge in [0.1, 0.15) is 18.2 Å². The molecule has 3 aromatic rings. The Morgan fingerprint density at radius 1 is 1.12 bits per heavy atom. The smallest absolute Gasteiger partial charge is 0.413 e. The van der Waals surface area contributed by atoms with Gasteiger partial charge in [-0.15, -0.1) is 5.10 Å². The number of para-hydroxylation sites is 1. The first-order valence-electron chi connectivity index (χ1n) is 7.29. The zero-order valence-corrected chi connectivity index (χ0v) is 12.7. The molecule has 1 N–H and O–H groups in total. The summed E-state index contributed by atoms with van der Waals surface area (Å²) in [6.07, 6.45) is 0.899. The van der Waals surface area contributed by atoms with Gasteiger partial charge in [0, 0.05) is 0 Å². The van der Waals surface area contributed by atoms with Crippen LogP contribution < -0.4 is 5.32 Å². The van der Waals surface area contributed by atoms with Crippen molar-refractivity contribution in [1.29, 1.82) is 5.26 Å². The number of carbonyl (C=O) groups excluding carboxylic acids is 1. The highest BCUT2D eigenvalue weighted by atomic mass is 16.5. The summed E-state index contributed by atoms with van der Waals surface area (Å²) in [6, 6.07) is 20.7. The summed E-state index contributed by atoms with van der Waals surface area (Å²) in [5.74, 6) is 0.166. The molecule has 0 aliphatic heterocycles. The Labute approximate surface area is 138 Å². The lowest BCUT2D eigenvalue weighted by molar-refractivity contribution is 0.155. The number of amides is 1. The topological polar surface area (TPSA) is 79.9 Å². The van der Waals surface area contributed by atoms with Crippen LogP contribution >= 0.6 is 0 Å². The zero-order valence-electron chi connectivity index (χ0n) is 12.7. The van der Waals surface area contributed by atoms with Crippen molar-refractivity contribution in [2.45, 2.75) is 6.61 Å². The standard InChI is InChI=1S/C18H14N4O2/c19-11-15-12-22(16-9-5-2-6-10-16)21-17(15)20-18(23)24-13-14-7-3-1-4-8-14/h1-10,12H,13H2,(H,20,21,23). The van der Waals surface area contributed by atoms with Gasteiger partial charge >= 0.3 is 6.09 Å². The Morgan fingerprint density at radius 2 is 1.79 bits per heavy atom. The zero-order chi connectivity index (χ0) is 16.8. The van der Waals surface area contributed by atoms with E-state index in [1.165, 1.54) is 4.68 Å². The second-order valence-corrected chi connectivity index (χ2v) is 4.97. The van der Waals surface area contributed by atoms with Gasteiger partial charge in [0.15, 0.2) is 5.82 Å². The first-order valence-corrected chi connectivity index (χ1v) is 7.29. The number of rotatable bonds is 4. The molecule has 2 aromatic carbocycles. The van der Waals surface area contributed by atoms with Crippen molar-refractivity contribution >= 4 is 11.9 Å². The monoisotopic (exact) mass is 318 g/mol. The molecule has 0 aliphatic carbocycles. The van der Waals surface area contributed by atoms with Crippen molar-refractivity contribution in [2.24, 2.45) is 0 Å². The van der Waals surface area contributed by atoms with Crippen LogP contribution in [-0.2, 0) is 11.3 Å². The third-order valence-corrected chi connectivity index (χ3v) is 3.29. The number of carbonyl (C=O) groups is 1. The lowest BCUT2D eigenvalue weighted by Gasteiger charge is -2.05. The molecule has 6 heteroatoms. The van der Waals surface area contributed by atoms with Crippen LogP contribution in [0, 0.1) is 11.3 Å². The number of nitriles is 1. The van der Waals surface area contributed by atoms with Gasteiger partial charge < -0.3 is 4.74 Å². The van der Waals surface area contributed by atoms with E-state index in [9.17, 15) is 10.1 Å². The van der Waals surface area contributed by atoms with Crippen LogP contribution in [-0.4, -0.2) is 15.9 Å². The molecule has 0 bridgehead atoms. The van der Waals surface area contributed by atoms with E-state index in [0.717, 1.165) is 11.3 Å². The largest absolute Gasteiger partial charge is 0.444 e. The minimum Gasteiger partial charge on any atom is -0.444 e. The maximum Gasteiger partial charge on any atom is 0.413 e. The van der Waals surface area contributed by atoms with Crippen LogP contribution in [0.2, 0.25) is 0 Å². The summed E-state index contributed by atoms with van der Waals surface area (Å²) in [7, 11) is 0. The molecule has 6 nitrogen and oxygen atoms in total. The molecule has 3 rings (SSSR count). The number of nitrogens with zero attached hydrogens (tertiary/aromatic N) is 3. The van der Waals surface area contributed by atoms with Crippen molar-refractivity contribution in [3.05, 3.63) is 78.0 Å². The molecule has 0 atom stereocenters. The Kier molecular flexibility index (Phi) is 4.54. The lowest BCUT2D eigenvalue weighted by atomic mass is 10.2. The molecule has 0 fully saturated rings. The molecular formula is C18H14N4O2. The number of hydrogen-bond acceptors (Lipinski definition) is 4. The average molecular weight is 318 g/mol. The lowest BCUT2D eigenvalue weighted by Crippen LogP contribution is -2.14. The highest BCUT2D eigenvalue weighted by molar-refractivity contribution is 5.85. The van der Waals surface area contributed by atoms with Crippen molar-refractivity contribution < 1.29 is 9.53 Å². The van der Waals surface area contributed by atoms with E-state index in [2.05, 4.69) is 10.4 Å². The van der Waals surface area contributed by atoms with Gasteiger partial charge in [-0.2, -0.15) is 5.26 Å². The molecule has 118 valence electrons. The number of hydrogen-bond donors (Lipinski definition) is 1. The second-order valence-electron chi connectivity index (χ2n) is 4.97. The van der Waals surface area contributed by atoms with Crippen LogP contribution in [0.4, 0.5) is 10.6 Å². The summed E-state index contributed by atoms with van der Waals surface area (Å²) in [6.45, 7) is 0.147. The van der Waals surface area contributed by atoms with E-state index in [-0.39, 0.29) is 18.0 Å². The van der Waals surface area contributed by atoms with E-state index in [0.29, 0.717) is 0 Å². The summed E-state index contributed by atoms with van der Waals surface area (Å²) in [4.78, 5) is 11.9. The van der Waals surface area contributed by atoms with E-state index < -0.39 is 6.09 Å². The molecule has 0 aliphatic rings. The van der Waals surface area contributed by atoms with Crippen LogP contribution in [0.15, 0.2) is 66.9 Å². The molecule has 0 saturated heterocycles. The SMILES string of the molecule is N#Cc1cn(-c2ccccc2)nc1NC(=O)OCc1ccccc1. The molecule has 1 aromatic heterocycles. The van der Waals surface area contributed by atoms with Gasteiger partial charge in [-0.25, -0.2) is 9.48 Å². The van der Waals surface area contributed by atoms with Gasteiger partial charge in [0.2, 0.25) is 0 Å². The fraction of sp³-hybridized carbons (Fsp3) is 0.0556. The predicted molar refractivity (Wildman–Crippen MR) is 88.5 cm³/mol. The maximum atomic E-state index is 11.9. The van der Waals surface area contributed by atoms with Gasteiger partial charge in [0.25, 0.3) is 0 Å². The summed E-state index contributed by atoms with van der Waals surface area (Å²) < 4.78 is 6.67. The first kappa shape index (κ1) is 15.3. The van der Waals surface area contributed by atoms with Crippen LogP contribution in [0.1, 0.15) is 11.1 Å². The molecule has 1 heterocycles. The number of aromatic nitrogens is 2. The van der Waals surface area contributed by atoms with Gasteiger partial charge in [0.05, 0.1) is 11.9 Å². The summed E-state index contributed by atoms with van der Waals surface area (Å²) >= 11 is 0. The fourth-order valence-electron chi connectivity index (χ4n) is 2.12. The third kappa shape index (κ3) is 3.59. The van der Waals surface area contributed by atoms with Crippen LogP contribution in [0.5, 0.6) is 0 Å². The second kappa shape index (κ2) is 7.11. The molecular weight excluding hydrogens is 304 g/mol. The minimum absolute atomic E-state index is 0.147. The Bertz CT molecular complexity index is 867. The van der Waals surface area contributed by atoms with Gasteiger partial charge in [-0.3, -0.25) is 5.32 Å². The molecule has 0 radical (unpaired) electrons. The van der Waals surface area contributed by atoms with Crippen LogP contribution in [0.3, 0.4) is 0 Å². The van der Waals surface area contributed by atoms with Crippen molar-refractivity contribution in [2.75, 3.05) is 5.32 Å². The van der Waals surface area contributed by atoms with Crippen molar-refractivity contribution in [1.82, 2.24) is 9.78 Å². The predicted octanol–water partition coefficient (Wildman–Crippen LogP) is 3.49. The molecule has 0 unspecified atom stereocenters. The van der Waals surface area contributed by atoms with Gasteiger partial charge in [-0.1, -0.05) is 48.5 Å². The van der Waals surface area contributed by atoms with Crippen molar-refractivity contribution in [3.8, 4) is 11.8 Å². The quantitative estimate of drug-likeness (QED) is 0.798. The van der Waals surface area contributed by atoms with E-state index in [4.69, 9.17) is 4.74 Å². The van der Waals surface area contributed by atoms with E-state index in [1.54, 1.807) is 6.20 Å². The molecule has 24 heavy (non-hydrogen) atoms. The van der Waals surface area contributed by atoms with E-state index in [1.807, 2.05) is 66.7 Å². The number of ether oxygens (including phenoxy) is 1. The first-order chi connectivity index (χ1) is 11.8.